The van der Waals surface area contributed by atoms with Crippen molar-refractivity contribution >= 4 is 5.96 Å². The van der Waals surface area contributed by atoms with Gasteiger partial charge in [0.2, 0.25) is 0 Å². The molecular formula is C24H32N6. The third kappa shape index (κ3) is 5.47. The van der Waals surface area contributed by atoms with Gasteiger partial charge in [0.1, 0.15) is 0 Å². The summed E-state index contributed by atoms with van der Waals surface area (Å²) in [6, 6.07) is 14.6. The number of pyridine rings is 1. The molecule has 30 heavy (non-hydrogen) atoms. The van der Waals surface area contributed by atoms with Crippen molar-refractivity contribution in [1.82, 2.24) is 25.4 Å². The summed E-state index contributed by atoms with van der Waals surface area (Å²) in [6.45, 7) is 9.88. The van der Waals surface area contributed by atoms with Crippen molar-refractivity contribution in [3.63, 3.8) is 0 Å². The zero-order valence-electron chi connectivity index (χ0n) is 18.6. The van der Waals surface area contributed by atoms with Crippen LogP contribution in [0, 0.1) is 13.8 Å². The largest absolute Gasteiger partial charge is 0.357 e. The number of guanidine groups is 1. The van der Waals surface area contributed by atoms with E-state index in [1.165, 1.54) is 11.3 Å². The van der Waals surface area contributed by atoms with Gasteiger partial charge >= 0.3 is 0 Å². The minimum atomic E-state index is 0.240. The fourth-order valence-corrected chi connectivity index (χ4v) is 3.56. The van der Waals surface area contributed by atoms with Crippen LogP contribution in [0.5, 0.6) is 0 Å². The minimum absolute atomic E-state index is 0.240. The number of nitrogens with zero attached hydrogens (tertiary/aromatic N) is 4. The molecule has 3 rings (SSSR count). The lowest BCUT2D eigenvalue weighted by molar-refractivity contribution is 0.636. The molecule has 0 spiro atoms. The number of aryl methyl sites for hydroxylation is 2. The molecule has 0 saturated carbocycles. The minimum Gasteiger partial charge on any atom is -0.357 e. The molecule has 0 bridgehead atoms. The van der Waals surface area contributed by atoms with Gasteiger partial charge in [0.05, 0.1) is 17.9 Å². The van der Waals surface area contributed by atoms with Crippen LogP contribution in [-0.4, -0.2) is 33.3 Å². The highest BCUT2D eigenvalue weighted by molar-refractivity contribution is 5.80. The second-order valence-electron chi connectivity index (χ2n) is 7.63. The van der Waals surface area contributed by atoms with E-state index in [1.54, 1.807) is 0 Å². The predicted octanol–water partition coefficient (Wildman–Crippen LogP) is 3.79. The monoisotopic (exact) mass is 404 g/mol. The Morgan fingerprint density at radius 1 is 1.17 bits per heavy atom. The first-order chi connectivity index (χ1) is 14.5. The summed E-state index contributed by atoms with van der Waals surface area (Å²) in [5.74, 6) is 0.826. The number of hydrogen-bond donors (Lipinski definition) is 2. The third-order valence-corrected chi connectivity index (χ3v) is 5.20. The highest BCUT2D eigenvalue weighted by atomic mass is 15.3. The van der Waals surface area contributed by atoms with E-state index in [-0.39, 0.29) is 6.04 Å². The normalized spacial score (nSPS) is 12.6. The summed E-state index contributed by atoms with van der Waals surface area (Å²) in [7, 11) is 1.99. The lowest BCUT2D eigenvalue weighted by Gasteiger charge is -2.18. The molecule has 0 aliphatic carbocycles. The Morgan fingerprint density at radius 3 is 2.67 bits per heavy atom. The van der Waals surface area contributed by atoms with Crippen molar-refractivity contribution in [3.05, 3.63) is 71.2 Å². The average molecular weight is 405 g/mol. The standard InChI is InChI=1S/C24H32N6/c1-6-25-24(28-17(2)14-22-18(3)29-30(5)19(22)4)27-16-20-10-9-11-21(15-20)23-12-7-8-13-26-23/h7-13,15,17H,6,14,16H2,1-5H3,(H2,25,27,28). The number of aliphatic imine (C=N–C) groups is 1. The Kier molecular flexibility index (Phi) is 7.22. The molecule has 0 fully saturated rings. The van der Waals surface area contributed by atoms with Crippen molar-refractivity contribution in [2.45, 2.75) is 46.7 Å². The fourth-order valence-electron chi connectivity index (χ4n) is 3.56. The second kappa shape index (κ2) is 10.1. The topological polar surface area (TPSA) is 67.1 Å². The van der Waals surface area contributed by atoms with E-state index < -0.39 is 0 Å². The molecule has 6 heteroatoms. The highest BCUT2D eigenvalue weighted by Gasteiger charge is 2.14. The van der Waals surface area contributed by atoms with Crippen LogP contribution in [-0.2, 0) is 20.0 Å². The molecule has 0 aliphatic rings. The van der Waals surface area contributed by atoms with Gasteiger partial charge in [-0.3, -0.25) is 9.67 Å². The zero-order chi connectivity index (χ0) is 21.5. The molecule has 0 amide bonds. The van der Waals surface area contributed by atoms with Gasteiger partial charge < -0.3 is 10.6 Å². The molecular weight excluding hydrogens is 372 g/mol. The van der Waals surface area contributed by atoms with E-state index in [9.17, 15) is 0 Å². The van der Waals surface area contributed by atoms with E-state index >= 15 is 0 Å². The maximum absolute atomic E-state index is 4.80. The maximum atomic E-state index is 4.80. The first kappa shape index (κ1) is 21.6. The van der Waals surface area contributed by atoms with Gasteiger partial charge in [-0.15, -0.1) is 0 Å². The Balaban J connectivity index is 1.68. The Morgan fingerprint density at radius 2 is 2.00 bits per heavy atom. The van der Waals surface area contributed by atoms with Crippen molar-refractivity contribution in [3.8, 4) is 11.3 Å². The molecule has 3 aromatic rings. The first-order valence-electron chi connectivity index (χ1n) is 10.5. The van der Waals surface area contributed by atoms with Crippen LogP contribution in [0.15, 0.2) is 53.7 Å². The van der Waals surface area contributed by atoms with Crippen LogP contribution >= 0.6 is 0 Å². The Labute approximate surface area is 179 Å². The summed E-state index contributed by atoms with van der Waals surface area (Å²) >= 11 is 0. The molecule has 2 aromatic heterocycles. The van der Waals surface area contributed by atoms with Gasteiger partial charge in [-0.1, -0.05) is 24.3 Å². The number of nitrogens with one attached hydrogen (secondary N) is 2. The van der Waals surface area contributed by atoms with Gasteiger partial charge in [0.25, 0.3) is 0 Å². The summed E-state index contributed by atoms with van der Waals surface area (Å²) in [6.07, 6.45) is 2.73. The van der Waals surface area contributed by atoms with Crippen LogP contribution < -0.4 is 10.6 Å². The van der Waals surface area contributed by atoms with Crippen LogP contribution in [0.3, 0.4) is 0 Å². The summed E-state index contributed by atoms with van der Waals surface area (Å²) < 4.78 is 1.95. The lowest BCUT2D eigenvalue weighted by Crippen LogP contribution is -2.43. The average Bonchev–Trinajstić information content (AvgIpc) is 2.99. The molecule has 158 valence electrons. The summed E-state index contributed by atoms with van der Waals surface area (Å²) in [5, 5.41) is 11.4. The third-order valence-electron chi connectivity index (χ3n) is 5.20. The molecule has 0 radical (unpaired) electrons. The van der Waals surface area contributed by atoms with Crippen LogP contribution in [0.4, 0.5) is 0 Å². The number of aromatic nitrogens is 3. The lowest BCUT2D eigenvalue weighted by atomic mass is 10.1. The second-order valence-corrected chi connectivity index (χ2v) is 7.63. The molecule has 2 N–H and O–H groups in total. The Hall–Kier alpha value is -3.15. The highest BCUT2D eigenvalue weighted by Crippen LogP contribution is 2.18. The first-order valence-corrected chi connectivity index (χ1v) is 10.5. The number of rotatable bonds is 7. The predicted molar refractivity (Wildman–Crippen MR) is 123 cm³/mol. The maximum Gasteiger partial charge on any atom is 0.191 e. The molecule has 1 unspecified atom stereocenters. The van der Waals surface area contributed by atoms with E-state index in [1.807, 2.05) is 36.1 Å². The van der Waals surface area contributed by atoms with Crippen molar-refractivity contribution in [1.29, 1.82) is 0 Å². The summed E-state index contributed by atoms with van der Waals surface area (Å²) in [5.41, 5.74) is 6.85. The number of hydrogen-bond acceptors (Lipinski definition) is 3. The van der Waals surface area contributed by atoms with Gasteiger partial charge in [-0.2, -0.15) is 5.10 Å². The van der Waals surface area contributed by atoms with Gasteiger partial charge in [0.15, 0.2) is 5.96 Å². The van der Waals surface area contributed by atoms with Crippen molar-refractivity contribution in [2.24, 2.45) is 12.0 Å². The molecule has 0 saturated heterocycles. The van der Waals surface area contributed by atoms with Crippen molar-refractivity contribution < 1.29 is 0 Å². The van der Waals surface area contributed by atoms with E-state index in [2.05, 4.69) is 72.7 Å². The molecule has 1 atom stereocenters. The van der Waals surface area contributed by atoms with Crippen LogP contribution in [0.2, 0.25) is 0 Å². The van der Waals surface area contributed by atoms with E-state index in [4.69, 9.17) is 4.99 Å². The van der Waals surface area contributed by atoms with Crippen LogP contribution in [0.1, 0.15) is 36.4 Å². The van der Waals surface area contributed by atoms with Gasteiger partial charge in [-0.05, 0) is 63.4 Å². The molecule has 1 aromatic carbocycles. The quantitative estimate of drug-likeness (QED) is 0.464. The number of benzene rings is 1. The summed E-state index contributed by atoms with van der Waals surface area (Å²) in [4.78, 5) is 9.25. The van der Waals surface area contributed by atoms with Crippen molar-refractivity contribution in [2.75, 3.05) is 6.54 Å². The zero-order valence-corrected chi connectivity index (χ0v) is 18.6. The van der Waals surface area contributed by atoms with Crippen LogP contribution in [0.25, 0.3) is 11.3 Å². The van der Waals surface area contributed by atoms with E-state index in [0.717, 1.165) is 41.4 Å². The van der Waals surface area contributed by atoms with Gasteiger partial charge in [-0.25, -0.2) is 4.99 Å². The van der Waals surface area contributed by atoms with Gasteiger partial charge in [0, 0.05) is 37.1 Å². The Bertz CT molecular complexity index is 990. The molecule has 2 heterocycles. The molecule has 0 aliphatic heterocycles. The smallest absolute Gasteiger partial charge is 0.191 e. The SMILES string of the molecule is CCNC(=NCc1cccc(-c2ccccn2)c1)NC(C)Cc1c(C)nn(C)c1C. The van der Waals surface area contributed by atoms with E-state index in [0.29, 0.717) is 6.54 Å². The molecule has 6 nitrogen and oxygen atoms in total. The fraction of sp³-hybridized carbons (Fsp3) is 0.375.